The van der Waals surface area contributed by atoms with Crippen LogP contribution >= 0.6 is 0 Å². The molecular formula is C19H20N4O2. The Balaban J connectivity index is 1.47. The van der Waals surface area contributed by atoms with E-state index >= 15 is 0 Å². The number of nitrogens with zero attached hydrogens (tertiary/aromatic N) is 2. The number of benzene rings is 1. The minimum absolute atomic E-state index is 0.130. The molecule has 2 heterocycles. The quantitative estimate of drug-likeness (QED) is 0.843. The Kier molecular flexibility index (Phi) is 3.67. The van der Waals surface area contributed by atoms with E-state index in [2.05, 4.69) is 22.1 Å². The molecule has 128 valence electrons. The first-order valence-corrected chi connectivity index (χ1v) is 8.43. The summed E-state index contributed by atoms with van der Waals surface area (Å²) in [6.07, 6.45) is 7.79. The topological polar surface area (TPSA) is 78.1 Å². The highest BCUT2D eigenvalue weighted by atomic mass is 16.2. The largest absolute Gasteiger partial charge is 0.327 e. The van der Waals surface area contributed by atoms with Gasteiger partial charge in [-0.2, -0.15) is 5.10 Å². The van der Waals surface area contributed by atoms with E-state index in [1.807, 2.05) is 30.5 Å². The van der Waals surface area contributed by atoms with Gasteiger partial charge in [-0.1, -0.05) is 18.7 Å². The number of nitrogens with one attached hydrogen (secondary N) is 2. The summed E-state index contributed by atoms with van der Waals surface area (Å²) in [6, 6.07) is 7.18. The third-order valence-electron chi connectivity index (χ3n) is 5.21. The number of likely N-dealkylation sites (tertiary alicyclic amines) is 1. The molecule has 0 unspecified atom stereocenters. The van der Waals surface area contributed by atoms with Crippen LogP contribution in [0, 0.1) is 5.41 Å². The molecule has 6 nitrogen and oxygen atoms in total. The van der Waals surface area contributed by atoms with Crippen molar-refractivity contribution in [1.82, 2.24) is 15.1 Å². The molecule has 2 aliphatic rings. The van der Waals surface area contributed by atoms with Gasteiger partial charge in [-0.05, 0) is 48.4 Å². The Hall–Kier alpha value is -2.89. The number of amides is 2. The van der Waals surface area contributed by atoms with Crippen molar-refractivity contribution in [3.05, 3.63) is 49.3 Å². The van der Waals surface area contributed by atoms with Gasteiger partial charge in [0.2, 0.25) is 11.8 Å². The normalized spacial score (nSPS) is 20.5. The molecular weight excluding hydrogens is 316 g/mol. The predicted octanol–water partition coefficient (Wildman–Crippen LogP) is 2.58. The molecule has 0 radical (unpaired) electrons. The molecule has 1 spiro atoms. The highest BCUT2D eigenvalue weighted by Crippen LogP contribution is 2.54. The molecule has 6 heteroatoms. The van der Waals surface area contributed by atoms with Gasteiger partial charge in [0.05, 0.1) is 6.20 Å². The number of rotatable bonds is 4. The second-order valence-corrected chi connectivity index (χ2v) is 6.94. The molecule has 2 N–H and O–H groups in total. The summed E-state index contributed by atoms with van der Waals surface area (Å²) in [5.41, 5.74) is 2.89. The third kappa shape index (κ3) is 2.95. The Morgan fingerprint density at radius 2 is 2.04 bits per heavy atom. The third-order valence-corrected chi connectivity index (χ3v) is 5.21. The maximum atomic E-state index is 12.7. The summed E-state index contributed by atoms with van der Waals surface area (Å²) >= 11 is 0. The van der Waals surface area contributed by atoms with E-state index in [0.717, 1.165) is 36.1 Å². The lowest BCUT2D eigenvalue weighted by Crippen LogP contribution is -2.42. The molecule has 1 saturated heterocycles. The van der Waals surface area contributed by atoms with Crippen molar-refractivity contribution in [1.29, 1.82) is 0 Å². The van der Waals surface area contributed by atoms with E-state index in [-0.39, 0.29) is 17.2 Å². The van der Waals surface area contributed by atoms with Crippen LogP contribution in [0.2, 0.25) is 0 Å². The lowest BCUT2D eigenvalue weighted by molar-refractivity contribution is -0.132. The molecule has 1 saturated carbocycles. The summed E-state index contributed by atoms with van der Waals surface area (Å²) in [6.45, 7) is 4.22. The molecule has 1 aliphatic heterocycles. The Morgan fingerprint density at radius 3 is 2.64 bits per heavy atom. The van der Waals surface area contributed by atoms with E-state index in [0.29, 0.717) is 6.54 Å². The fourth-order valence-corrected chi connectivity index (χ4v) is 3.56. The van der Waals surface area contributed by atoms with Crippen molar-refractivity contribution in [2.24, 2.45) is 5.41 Å². The number of hydrogen-bond donors (Lipinski definition) is 2. The van der Waals surface area contributed by atoms with Crippen molar-refractivity contribution in [2.75, 3.05) is 11.9 Å². The first-order chi connectivity index (χ1) is 12.1. The molecule has 1 atom stereocenters. The van der Waals surface area contributed by atoms with Gasteiger partial charge in [-0.25, -0.2) is 0 Å². The average molecular weight is 336 g/mol. The standard InChI is InChI=1S/C19H20N4O2/c1-2-17(24)23-12-19(7-8-19)9-16(23)18(25)22-15-5-3-13(4-6-15)14-10-20-21-11-14/h2-6,10-11,16H,1,7-9,12H2,(H,20,21)(H,22,25)/t16-/m0/s1. The lowest BCUT2D eigenvalue weighted by Gasteiger charge is -2.22. The van der Waals surface area contributed by atoms with Gasteiger partial charge in [-0.15, -0.1) is 0 Å². The van der Waals surface area contributed by atoms with E-state index < -0.39 is 6.04 Å². The summed E-state index contributed by atoms with van der Waals surface area (Å²) in [5, 5.41) is 9.66. The molecule has 2 amide bonds. The number of aromatic nitrogens is 2. The van der Waals surface area contributed by atoms with Crippen LogP contribution in [0.1, 0.15) is 19.3 Å². The number of anilines is 1. The zero-order valence-corrected chi connectivity index (χ0v) is 13.9. The fourth-order valence-electron chi connectivity index (χ4n) is 3.56. The summed E-state index contributed by atoms with van der Waals surface area (Å²) < 4.78 is 0. The van der Waals surface area contributed by atoms with Crippen LogP contribution in [0.4, 0.5) is 5.69 Å². The van der Waals surface area contributed by atoms with Gasteiger partial charge in [0.25, 0.3) is 0 Å². The Morgan fingerprint density at radius 1 is 1.28 bits per heavy atom. The maximum absolute atomic E-state index is 12.7. The van der Waals surface area contributed by atoms with Crippen molar-refractivity contribution < 1.29 is 9.59 Å². The smallest absolute Gasteiger partial charge is 0.247 e. The van der Waals surface area contributed by atoms with Gasteiger partial charge >= 0.3 is 0 Å². The van der Waals surface area contributed by atoms with Crippen molar-refractivity contribution in [3.8, 4) is 11.1 Å². The molecule has 1 aromatic heterocycles. The highest BCUT2D eigenvalue weighted by Gasteiger charge is 2.54. The van der Waals surface area contributed by atoms with Gasteiger partial charge in [0.1, 0.15) is 6.04 Å². The lowest BCUT2D eigenvalue weighted by atomic mass is 10.0. The minimum Gasteiger partial charge on any atom is -0.327 e. The molecule has 4 rings (SSSR count). The van der Waals surface area contributed by atoms with E-state index in [4.69, 9.17) is 0 Å². The second kappa shape index (κ2) is 5.88. The van der Waals surface area contributed by atoms with Crippen LogP contribution in [-0.2, 0) is 9.59 Å². The number of hydrogen-bond acceptors (Lipinski definition) is 3. The number of carbonyl (C=O) groups excluding carboxylic acids is 2. The SMILES string of the molecule is C=CC(=O)N1CC2(CC2)C[C@H]1C(=O)Nc1ccc(-c2cn[nH]c2)cc1. The monoisotopic (exact) mass is 336 g/mol. The second-order valence-electron chi connectivity index (χ2n) is 6.94. The van der Waals surface area contributed by atoms with Crippen LogP contribution in [0.3, 0.4) is 0 Å². The van der Waals surface area contributed by atoms with Gasteiger partial charge in [0, 0.05) is 24.0 Å². The molecule has 1 aromatic carbocycles. The molecule has 2 fully saturated rings. The Bertz CT molecular complexity index is 806. The van der Waals surface area contributed by atoms with Crippen LogP contribution < -0.4 is 5.32 Å². The van der Waals surface area contributed by atoms with E-state index in [1.165, 1.54) is 6.08 Å². The van der Waals surface area contributed by atoms with Crippen LogP contribution in [-0.4, -0.2) is 39.5 Å². The van der Waals surface area contributed by atoms with Crippen molar-refractivity contribution >= 4 is 17.5 Å². The Labute approximate surface area is 145 Å². The number of carbonyl (C=O) groups is 2. The molecule has 1 aliphatic carbocycles. The van der Waals surface area contributed by atoms with Gasteiger partial charge in [0.15, 0.2) is 0 Å². The number of aromatic amines is 1. The predicted molar refractivity (Wildman–Crippen MR) is 94.6 cm³/mol. The highest BCUT2D eigenvalue weighted by molar-refractivity contribution is 5.99. The first kappa shape index (κ1) is 15.6. The maximum Gasteiger partial charge on any atom is 0.247 e. The van der Waals surface area contributed by atoms with E-state index in [9.17, 15) is 9.59 Å². The summed E-state index contributed by atoms with van der Waals surface area (Å²) in [7, 11) is 0. The summed E-state index contributed by atoms with van der Waals surface area (Å²) in [4.78, 5) is 26.5. The fraction of sp³-hybridized carbons (Fsp3) is 0.316. The average Bonchev–Trinajstić information content (AvgIpc) is 3.02. The van der Waals surface area contributed by atoms with Gasteiger partial charge in [-0.3, -0.25) is 14.7 Å². The number of H-pyrrole nitrogens is 1. The first-order valence-electron chi connectivity index (χ1n) is 8.43. The zero-order chi connectivity index (χ0) is 17.4. The molecule has 2 aromatic rings. The van der Waals surface area contributed by atoms with E-state index in [1.54, 1.807) is 11.1 Å². The zero-order valence-electron chi connectivity index (χ0n) is 13.9. The van der Waals surface area contributed by atoms with Crippen LogP contribution in [0.5, 0.6) is 0 Å². The van der Waals surface area contributed by atoms with Crippen LogP contribution in [0.15, 0.2) is 49.3 Å². The molecule has 0 bridgehead atoms. The molecule has 25 heavy (non-hydrogen) atoms. The van der Waals surface area contributed by atoms with Gasteiger partial charge < -0.3 is 10.2 Å². The van der Waals surface area contributed by atoms with Crippen molar-refractivity contribution in [3.63, 3.8) is 0 Å². The minimum atomic E-state index is -0.415. The van der Waals surface area contributed by atoms with Crippen molar-refractivity contribution in [2.45, 2.75) is 25.3 Å². The van der Waals surface area contributed by atoms with Crippen LogP contribution in [0.25, 0.3) is 11.1 Å². The summed E-state index contributed by atoms with van der Waals surface area (Å²) in [5.74, 6) is -0.297.